The second kappa shape index (κ2) is 9.44. The van der Waals surface area contributed by atoms with Crippen molar-refractivity contribution in [2.75, 3.05) is 13.2 Å². The van der Waals surface area contributed by atoms with Gasteiger partial charge < -0.3 is 29.6 Å². The van der Waals surface area contributed by atoms with Gasteiger partial charge in [-0.3, -0.25) is 4.98 Å². The maximum absolute atomic E-state index is 12.5. The Kier molecular flexibility index (Phi) is 6.47. The van der Waals surface area contributed by atoms with Crippen LogP contribution in [0.4, 0.5) is 13.6 Å². The average molecular weight is 435 g/mol. The summed E-state index contributed by atoms with van der Waals surface area (Å²) in [6.07, 6.45) is 0.729. The van der Waals surface area contributed by atoms with Gasteiger partial charge >= 0.3 is 12.6 Å². The van der Waals surface area contributed by atoms with Crippen LogP contribution in [0.3, 0.4) is 0 Å². The predicted octanol–water partition coefficient (Wildman–Crippen LogP) is 2.40. The normalized spacial score (nSPS) is 24.6. The van der Waals surface area contributed by atoms with E-state index in [0.29, 0.717) is 17.9 Å². The van der Waals surface area contributed by atoms with Crippen LogP contribution in [0.15, 0.2) is 42.6 Å². The fraction of sp³-hybridized carbons (Fsp3) is 0.429. The number of aromatic nitrogens is 1. The lowest BCUT2D eigenvalue weighted by Gasteiger charge is -2.19. The van der Waals surface area contributed by atoms with Gasteiger partial charge in [0.15, 0.2) is 6.10 Å². The van der Waals surface area contributed by atoms with Gasteiger partial charge in [-0.05, 0) is 25.1 Å². The highest BCUT2D eigenvalue weighted by molar-refractivity contribution is 5.74. The highest BCUT2D eigenvalue weighted by atomic mass is 19.3. The lowest BCUT2D eigenvalue weighted by molar-refractivity contribution is -0.0504. The van der Waals surface area contributed by atoms with Crippen molar-refractivity contribution in [3.63, 3.8) is 0 Å². The van der Waals surface area contributed by atoms with E-state index in [1.807, 2.05) is 13.0 Å². The number of urea groups is 1. The molecule has 2 amide bonds. The lowest BCUT2D eigenvalue weighted by atomic mass is 10.1. The molecule has 0 aliphatic carbocycles. The number of carbonyl (C=O) groups is 1. The molecule has 0 bridgehead atoms. The number of aryl methyl sites for hydroxylation is 1. The van der Waals surface area contributed by atoms with E-state index in [2.05, 4.69) is 20.4 Å². The number of amides is 2. The zero-order valence-corrected chi connectivity index (χ0v) is 16.8. The Labute approximate surface area is 177 Å². The van der Waals surface area contributed by atoms with Gasteiger partial charge in [0, 0.05) is 18.3 Å². The van der Waals surface area contributed by atoms with Crippen LogP contribution < -0.4 is 20.1 Å². The molecule has 8 nitrogen and oxygen atoms in total. The number of hydrogen-bond acceptors (Lipinski definition) is 6. The van der Waals surface area contributed by atoms with Crippen molar-refractivity contribution in [2.45, 2.75) is 44.4 Å². The third kappa shape index (κ3) is 5.02. The standard InChI is InChI=1S/C21H23F2N3O5/c1-12-15(7-4-8-24-12)30-17-11-29-18-14(10-28-19(17)18)26-21(27)25-9-13-5-2-3-6-16(13)31-20(22)23/h2-8,14,17-20H,9-11H2,1H3,(H2,25,26,27)/t14-,17-,18+,19+/m0/s1. The third-order valence-corrected chi connectivity index (χ3v) is 5.19. The average Bonchev–Trinajstić information content (AvgIpc) is 3.32. The molecule has 4 atom stereocenters. The topological polar surface area (TPSA) is 90.9 Å². The molecule has 31 heavy (non-hydrogen) atoms. The van der Waals surface area contributed by atoms with Crippen LogP contribution in [-0.2, 0) is 16.0 Å². The number of pyridine rings is 1. The third-order valence-electron chi connectivity index (χ3n) is 5.19. The summed E-state index contributed by atoms with van der Waals surface area (Å²) in [6.45, 7) is -0.435. The van der Waals surface area contributed by atoms with E-state index in [-0.39, 0.29) is 43.3 Å². The summed E-state index contributed by atoms with van der Waals surface area (Å²) in [5.74, 6) is 0.686. The number of nitrogens with zero attached hydrogens (tertiary/aromatic N) is 1. The molecule has 0 radical (unpaired) electrons. The summed E-state index contributed by atoms with van der Waals surface area (Å²) in [7, 11) is 0. The number of carbonyl (C=O) groups excluding carboxylic acids is 1. The van der Waals surface area contributed by atoms with E-state index in [0.717, 1.165) is 5.69 Å². The maximum Gasteiger partial charge on any atom is 0.387 e. The van der Waals surface area contributed by atoms with E-state index < -0.39 is 12.6 Å². The second-order valence-corrected chi connectivity index (χ2v) is 7.26. The largest absolute Gasteiger partial charge is 0.483 e. The highest BCUT2D eigenvalue weighted by Gasteiger charge is 2.49. The first kappa shape index (κ1) is 21.3. The fourth-order valence-electron chi connectivity index (χ4n) is 3.70. The minimum Gasteiger partial charge on any atom is -0.483 e. The summed E-state index contributed by atoms with van der Waals surface area (Å²) in [5.41, 5.74) is 1.21. The van der Waals surface area contributed by atoms with E-state index in [1.54, 1.807) is 30.5 Å². The summed E-state index contributed by atoms with van der Waals surface area (Å²) < 4.78 is 47.2. The Hall–Kier alpha value is -2.98. The van der Waals surface area contributed by atoms with Gasteiger partial charge in [-0.15, -0.1) is 0 Å². The molecule has 10 heteroatoms. The van der Waals surface area contributed by atoms with Crippen LogP contribution in [0, 0.1) is 6.92 Å². The van der Waals surface area contributed by atoms with Gasteiger partial charge in [-0.1, -0.05) is 18.2 Å². The molecule has 2 fully saturated rings. The summed E-state index contributed by atoms with van der Waals surface area (Å²) >= 11 is 0. The molecule has 166 valence electrons. The number of fused-ring (bicyclic) bond motifs is 1. The Bertz CT molecular complexity index is 916. The molecule has 0 spiro atoms. The Morgan fingerprint density at radius 2 is 1.94 bits per heavy atom. The van der Waals surface area contributed by atoms with Crippen molar-refractivity contribution >= 4 is 6.03 Å². The summed E-state index contributed by atoms with van der Waals surface area (Å²) in [4.78, 5) is 16.6. The van der Waals surface area contributed by atoms with Crippen LogP contribution in [0.2, 0.25) is 0 Å². The molecule has 2 aliphatic heterocycles. The molecule has 1 aromatic carbocycles. The van der Waals surface area contributed by atoms with Crippen LogP contribution >= 0.6 is 0 Å². The molecule has 2 N–H and O–H groups in total. The van der Waals surface area contributed by atoms with Gasteiger partial charge in [0.25, 0.3) is 0 Å². The molecule has 1 aromatic heterocycles. The SMILES string of the molecule is Cc1ncccc1O[C@H]1CO[C@H]2[C@@H]1OC[C@@H]2NC(=O)NCc1ccccc1OC(F)F. The minimum absolute atomic E-state index is 0.0203. The van der Waals surface area contributed by atoms with Gasteiger partial charge in [0.1, 0.15) is 23.7 Å². The first-order chi connectivity index (χ1) is 15.0. The summed E-state index contributed by atoms with van der Waals surface area (Å²) in [5, 5.41) is 5.47. The molecule has 3 heterocycles. The van der Waals surface area contributed by atoms with Crippen molar-refractivity contribution in [3.05, 3.63) is 53.9 Å². The van der Waals surface area contributed by atoms with E-state index in [1.165, 1.54) is 6.07 Å². The zero-order chi connectivity index (χ0) is 21.8. The highest BCUT2D eigenvalue weighted by Crippen LogP contribution is 2.30. The molecule has 2 aliphatic rings. The monoisotopic (exact) mass is 435 g/mol. The Morgan fingerprint density at radius 1 is 1.16 bits per heavy atom. The van der Waals surface area contributed by atoms with Crippen molar-refractivity contribution in [1.82, 2.24) is 15.6 Å². The number of halogens is 2. The predicted molar refractivity (Wildman–Crippen MR) is 105 cm³/mol. The molecule has 4 rings (SSSR count). The fourth-order valence-corrected chi connectivity index (χ4v) is 3.70. The Balaban J connectivity index is 1.29. The van der Waals surface area contributed by atoms with Crippen molar-refractivity contribution < 1.29 is 32.5 Å². The number of alkyl halides is 2. The first-order valence-corrected chi connectivity index (χ1v) is 9.90. The molecule has 2 saturated heterocycles. The van der Waals surface area contributed by atoms with Crippen LogP contribution in [0.1, 0.15) is 11.3 Å². The molecule has 2 aromatic rings. The van der Waals surface area contributed by atoms with Gasteiger partial charge in [0.05, 0.1) is 24.9 Å². The van der Waals surface area contributed by atoms with Gasteiger partial charge in [0.2, 0.25) is 0 Å². The smallest absolute Gasteiger partial charge is 0.387 e. The van der Waals surface area contributed by atoms with Crippen molar-refractivity contribution in [2.24, 2.45) is 0 Å². The second-order valence-electron chi connectivity index (χ2n) is 7.26. The molecule has 0 saturated carbocycles. The van der Waals surface area contributed by atoms with E-state index in [4.69, 9.17) is 14.2 Å². The van der Waals surface area contributed by atoms with Gasteiger partial charge in [-0.2, -0.15) is 8.78 Å². The van der Waals surface area contributed by atoms with Crippen LogP contribution in [0.25, 0.3) is 0 Å². The maximum atomic E-state index is 12.5. The Morgan fingerprint density at radius 3 is 2.74 bits per heavy atom. The number of benzene rings is 1. The number of para-hydroxylation sites is 1. The molecular weight excluding hydrogens is 412 g/mol. The quantitative estimate of drug-likeness (QED) is 0.694. The lowest BCUT2D eigenvalue weighted by Crippen LogP contribution is -2.48. The molecule has 0 unspecified atom stereocenters. The van der Waals surface area contributed by atoms with E-state index in [9.17, 15) is 13.6 Å². The number of rotatable bonds is 7. The van der Waals surface area contributed by atoms with Gasteiger partial charge in [-0.25, -0.2) is 4.79 Å². The minimum atomic E-state index is -2.94. The number of hydrogen-bond donors (Lipinski definition) is 2. The van der Waals surface area contributed by atoms with Crippen molar-refractivity contribution in [1.29, 1.82) is 0 Å². The number of ether oxygens (including phenoxy) is 4. The van der Waals surface area contributed by atoms with Crippen LogP contribution in [-0.4, -0.2) is 55.2 Å². The van der Waals surface area contributed by atoms with Crippen molar-refractivity contribution in [3.8, 4) is 11.5 Å². The molecular formula is C21H23F2N3O5. The summed E-state index contributed by atoms with van der Waals surface area (Å²) in [6, 6.07) is 9.10. The van der Waals surface area contributed by atoms with E-state index >= 15 is 0 Å². The zero-order valence-electron chi connectivity index (χ0n) is 16.8. The van der Waals surface area contributed by atoms with Crippen LogP contribution in [0.5, 0.6) is 11.5 Å². The number of nitrogens with one attached hydrogen (secondary N) is 2. The first-order valence-electron chi connectivity index (χ1n) is 9.90.